The standard InChI is InChI=1S/C16H18BrNO3S/c1-11-8-9-15(21-3)16(10-11)22(19,20)18-12(2)13-6-4-5-7-14(13)17/h4-10,12,18H,1-3H3/t12-/m1/s1. The van der Waals surface area contributed by atoms with E-state index in [4.69, 9.17) is 4.74 Å². The Morgan fingerprint density at radius 3 is 2.50 bits per heavy atom. The highest BCUT2D eigenvalue weighted by molar-refractivity contribution is 9.10. The van der Waals surface area contributed by atoms with Crippen LogP contribution in [-0.4, -0.2) is 15.5 Å². The summed E-state index contributed by atoms with van der Waals surface area (Å²) in [6, 6.07) is 12.2. The minimum atomic E-state index is -3.69. The summed E-state index contributed by atoms with van der Waals surface area (Å²) in [6.07, 6.45) is 0. The SMILES string of the molecule is COc1ccc(C)cc1S(=O)(=O)N[C@H](C)c1ccccc1Br. The number of ether oxygens (including phenoxy) is 1. The highest BCUT2D eigenvalue weighted by Crippen LogP contribution is 2.28. The van der Waals surface area contributed by atoms with Crippen molar-refractivity contribution in [1.29, 1.82) is 0 Å². The molecule has 0 aliphatic carbocycles. The van der Waals surface area contributed by atoms with E-state index in [0.717, 1.165) is 15.6 Å². The van der Waals surface area contributed by atoms with Crippen LogP contribution in [0.1, 0.15) is 24.1 Å². The van der Waals surface area contributed by atoms with Gasteiger partial charge in [-0.2, -0.15) is 0 Å². The smallest absolute Gasteiger partial charge is 0.244 e. The average Bonchev–Trinajstić information content (AvgIpc) is 2.47. The van der Waals surface area contributed by atoms with Crippen LogP contribution in [0.4, 0.5) is 0 Å². The third-order valence-electron chi connectivity index (χ3n) is 3.31. The Bertz CT molecular complexity index is 775. The monoisotopic (exact) mass is 383 g/mol. The van der Waals surface area contributed by atoms with Crippen LogP contribution in [-0.2, 0) is 10.0 Å². The number of rotatable bonds is 5. The predicted molar refractivity (Wildman–Crippen MR) is 90.6 cm³/mol. The number of methoxy groups -OCH3 is 1. The van der Waals surface area contributed by atoms with E-state index in [2.05, 4.69) is 20.7 Å². The zero-order valence-electron chi connectivity index (χ0n) is 12.6. The van der Waals surface area contributed by atoms with E-state index < -0.39 is 10.0 Å². The maximum atomic E-state index is 12.7. The van der Waals surface area contributed by atoms with Crippen LogP contribution >= 0.6 is 15.9 Å². The van der Waals surface area contributed by atoms with Crippen LogP contribution < -0.4 is 9.46 Å². The van der Waals surface area contributed by atoms with Gasteiger partial charge in [0.25, 0.3) is 0 Å². The Morgan fingerprint density at radius 2 is 1.86 bits per heavy atom. The van der Waals surface area contributed by atoms with Crippen molar-refractivity contribution in [3.63, 3.8) is 0 Å². The van der Waals surface area contributed by atoms with Gasteiger partial charge < -0.3 is 4.74 Å². The van der Waals surface area contributed by atoms with Crippen molar-refractivity contribution >= 4 is 26.0 Å². The largest absolute Gasteiger partial charge is 0.495 e. The molecule has 0 aliphatic rings. The second-order valence-corrected chi connectivity index (χ2v) is 7.56. The Balaban J connectivity index is 2.36. The lowest BCUT2D eigenvalue weighted by Crippen LogP contribution is -2.27. The van der Waals surface area contributed by atoms with Crippen molar-refractivity contribution in [2.75, 3.05) is 7.11 Å². The third-order valence-corrected chi connectivity index (χ3v) is 5.60. The van der Waals surface area contributed by atoms with Crippen molar-refractivity contribution in [3.8, 4) is 5.75 Å². The van der Waals surface area contributed by atoms with E-state index in [1.54, 1.807) is 19.1 Å². The summed E-state index contributed by atoms with van der Waals surface area (Å²) in [5.74, 6) is 0.331. The van der Waals surface area contributed by atoms with Gasteiger partial charge in [0.15, 0.2) is 0 Å². The molecule has 22 heavy (non-hydrogen) atoms. The van der Waals surface area contributed by atoms with Crippen LogP contribution in [0.25, 0.3) is 0 Å². The molecule has 0 saturated carbocycles. The summed E-state index contributed by atoms with van der Waals surface area (Å²) in [7, 11) is -2.23. The molecule has 0 aliphatic heterocycles. The summed E-state index contributed by atoms with van der Waals surface area (Å²) < 4.78 is 34.0. The molecule has 0 amide bonds. The lowest BCUT2D eigenvalue weighted by molar-refractivity contribution is 0.402. The minimum absolute atomic E-state index is 0.147. The van der Waals surface area contributed by atoms with Crippen molar-refractivity contribution in [2.45, 2.75) is 24.8 Å². The molecule has 1 N–H and O–H groups in total. The van der Waals surface area contributed by atoms with Crippen molar-refractivity contribution in [2.24, 2.45) is 0 Å². The van der Waals surface area contributed by atoms with Gasteiger partial charge >= 0.3 is 0 Å². The molecule has 0 heterocycles. The van der Waals surface area contributed by atoms with Gasteiger partial charge in [-0.1, -0.05) is 40.2 Å². The molecule has 6 heteroatoms. The zero-order valence-corrected chi connectivity index (χ0v) is 15.0. The third kappa shape index (κ3) is 3.69. The summed E-state index contributed by atoms with van der Waals surface area (Å²) in [4.78, 5) is 0.147. The van der Waals surface area contributed by atoms with E-state index in [-0.39, 0.29) is 10.9 Å². The Labute approximate surface area is 139 Å². The molecule has 1 atom stereocenters. The second kappa shape index (κ2) is 6.81. The van der Waals surface area contributed by atoms with Gasteiger partial charge in [0.1, 0.15) is 10.6 Å². The first-order valence-electron chi connectivity index (χ1n) is 6.76. The molecule has 0 unspecified atom stereocenters. The molecule has 0 spiro atoms. The number of nitrogens with one attached hydrogen (secondary N) is 1. The van der Waals surface area contributed by atoms with Gasteiger partial charge in [0.05, 0.1) is 7.11 Å². The fourth-order valence-corrected chi connectivity index (χ4v) is 4.28. The van der Waals surface area contributed by atoms with Gasteiger partial charge in [0.2, 0.25) is 10.0 Å². The molecular weight excluding hydrogens is 366 g/mol. The molecule has 4 nitrogen and oxygen atoms in total. The van der Waals surface area contributed by atoms with Gasteiger partial charge in [-0.3, -0.25) is 0 Å². The van der Waals surface area contributed by atoms with E-state index in [1.807, 2.05) is 37.3 Å². The van der Waals surface area contributed by atoms with Crippen LogP contribution in [0.15, 0.2) is 51.8 Å². The maximum absolute atomic E-state index is 12.7. The summed E-state index contributed by atoms with van der Waals surface area (Å²) in [5, 5.41) is 0. The Hall–Kier alpha value is -1.37. The fraction of sp³-hybridized carbons (Fsp3) is 0.250. The summed E-state index contributed by atoms with van der Waals surface area (Å²) >= 11 is 3.44. The first-order chi connectivity index (χ1) is 10.3. The molecule has 0 bridgehead atoms. The van der Waals surface area contributed by atoms with E-state index in [1.165, 1.54) is 7.11 Å². The minimum Gasteiger partial charge on any atom is -0.495 e. The second-order valence-electron chi connectivity index (χ2n) is 5.02. The number of hydrogen-bond acceptors (Lipinski definition) is 3. The van der Waals surface area contributed by atoms with Crippen LogP contribution in [0, 0.1) is 6.92 Å². The highest BCUT2D eigenvalue weighted by Gasteiger charge is 2.23. The molecule has 0 saturated heterocycles. The van der Waals surface area contributed by atoms with Crippen LogP contribution in [0.2, 0.25) is 0 Å². The van der Waals surface area contributed by atoms with Gasteiger partial charge in [-0.15, -0.1) is 0 Å². The molecule has 2 rings (SSSR count). The van der Waals surface area contributed by atoms with Crippen LogP contribution in [0.5, 0.6) is 5.75 Å². The quantitative estimate of drug-likeness (QED) is 0.853. The lowest BCUT2D eigenvalue weighted by Gasteiger charge is -2.17. The van der Waals surface area contributed by atoms with Crippen molar-refractivity contribution < 1.29 is 13.2 Å². The van der Waals surface area contributed by atoms with Crippen LogP contribution in [0.3, 0.4) is 0 Å². The number of halogens is 1. The lowest BCUT2D eigenvalue weighted by atomic mass is 10.1. The first-order valence-corrected chi connectivity index (χ1v) is 9.04. The predicted octanol–water partition coefficient (Wildman–Crippen LogP) is 3.81. The molecule has 0 fully saturated rings. The first kappa shape index (κ1) is 17.0. The van der Waals surface area contributed by atoms with E-state index in [9.17, 15) is 8.42 Å². The average molecular weight is 384 g/mol. The Kier molecular flexibility index (Phi) is 5.26. The molecule has 2 aromatic rings. The van der Waals surface area contributed by atoms with Gasteiger partial charge in [0, 0.05) is 10.5 Å². The number of sulfonamides is 1. The highest BCUT2D eigenvalue weighted by atomic mass is 79.9. The molecule has 118 valence electrons. The van der Waals surface area contributed by atoms with Gasteiger partial charge in [-0.05, 0) is 43.2 Å². The number of aryl methyl sites for hydroxylation is 1. The topological polar surface area (TPSA) is 55.4 Å². The van der Waals surface area contributed by atoms with Gasteiger partial charge in [-0.25, -0.2) is 13.1 Å². The fourth-order valence-electron chi connectivity index (χ4n) is 2.18. The Morgan fingerprint density at radius 1 is 1.18 bits per heavy atom. The maximum Gasteiger partial charge on any atom is 0.244 e. The number of benzene rings is 2. The van der Waals surface area contributed by atoms with Crippen molar-refractivity contribution in [3.05, 3.63) is 58.1 Å². The van der Waals surface area contributed by atoms with E-state index >= 15 is 0 Å². The van der Waals surface area contributed by atoms with E-state index in [0.29, 0.717) is 5.75 Å². The zero-order chi connectivity index (χ0) is 16.3. The summed E-state index contributed by atoms with van der Waals surface area (Å²) in [6.45, 7) is 3.65. The normalized spacial score (nSPS) is 12.9. The molecule has 0 radical (unpaired) electrons. The molecular formula is C16H18BrNO3S. The van der Waals surface area contributed by atoms with Crippen molar-refractivity contribution in [1.82, 2.24) is 4.72 Å². The summed E-state index contributed by atoms with van der Waals surface area (Å²) in [5.41, 5.74) is 1.73. The molecule has 0 aromatic heterocycles. The molecule has 2 aromatic carbocycles. The number of hydrogen-bond donors (Lipinski definition) is 1.